The van der Waals surface area contributed by atoms with Crippen LogP contribution in [0.5, 0.6) is 5.75 Å². The fraction of sp³-hybridized carbons (Fsp3) is 0.111. The third kappa shape index (κ3) is 2.76. The molecule has 0 atom stereocenters. The van der Waals surface area contributed by atoms with Gasteiger partial charge in [0.05, 0.1) is 7.11 Å². The Kier molecular flexibility index (Phi) is 3.74. The molecule has 0 radical (unpaired) electrons. The smallest absolute Gasteiger partial charge is 0.275 e. The van der Waals surface area contributed by atoms with E-state index >= 15 is 0 Å². The van der Waals surface area contributed by atoms with Gasteiger partial charge in [-0.25, -0.2) is 4.99 Å². The first-order valence-corrected chi connectivity index (χ1v) is 6.99. The van der Waals surface area contributed by atoms with E-state index in [1.807, 2.05) is 55.5 Å². The molecule has 2 aromatic rings. The molecule has 1 aliphatic heterocycles. The number of nitrogens with zero attached hydrogens (tertiary/aromatic N) is 1. The van der Waals surface area contributed by atoms with Crippen molar-refractivity contribution in [3.05, 3.63) is 70.9 Å². The lowest BCUT2D eigenvalue weighted by Gasteiger charge is -2.03. The first-order valence-electron chi connectivity index (χ1n) is 6.99. The summed E-state index contributed by atoms with van der Waals surface area (Å²) in [5.41, 5.74) is 3.22. The summed E-state index contributed by atoms with van der Waals surface area (Å²) < 4.78 is 5.29. The second-order valence-corrected chi connectivity index (χ2v) is 5.06. The summed E-state index contributed by atoms with van der Waals surface area (Å²) in [5.74, 6) is 1.08. The van der Waals surface area contributed by atoms with E-state index in [0.717, 1.165) is 16.7 Å². The zero-order chi connectivity index (χ0) is 15.5. The van der Waals surface area contributed by atoms with Crippen LogP contribution in [0.1, 0.15) is 16.7 Å². The number of aliphatic imine (C=N–C) groups is 1. The molecular weight excluding hydrogens is 276 g/mol. The molecule has 4 heteroatoms. The molecule has 22 heavy (non-hydrogen) atoms. The predicted octanol–water partition coefficient (Wildman–Crippen LogP) is 2.92. The van der Waals surface area contributed by atoms with E-state index in [0.29, 0.717) is 17.3 Å². The highest BCUT2D eigenvalue weighted by Gasteiger charge is 2.21. The van der Waals surface area contributed by atoms with Crippen molar-refractivity contribution in [2.45, 2.75) is 6.92 Å². The highest BCUT2D eigenvalue weighted by Crippen LogP contribution is 2.22. The number of rotatable bonds is 3. The van der Waals surface area contributed by atoms with Gasteiger partial charge in [0, 0.05) is 11.1 Å². The molecule has 2 aromatic carbocycles. The Balaban J connectivity index is 1.98. The van der Waals surface area contributed by atoms with Crippen molar-refractivity contribution in [2.24, 2.45) is 4.99 Å². The lowest BCUT2D eigenvalue weighted by molar-refractivity contribution is -0.115. The molecule has 1 N–H and O–H groups in total. The number of hydrogen-bond acceptors (Lipinski definition) is 3. The number of carbonyl (C=O) groups is 1. The summed E-state index contributed by atoms with van der Waals surface area (Å²) in [7, 11) is 1.60. The standard InChI is InChI=1S/C18H16N2O2/c1-12-6-5-8-14(10-12)17-19-15(18(21)20-17)11-13-7-3-4-9-16(13)22-2/h3-11H,1-2H3,(H,19,20,21)/b15-11-. The first-order chi connectivity index (χ1) is 10.7. The SMILES string of the molecule is COc1ccccc1/C=C1\N=C(c2cccc(C)c2)NC1=O. The Hall–Kier alpha value is -2.88. The summed E-state index contributed by atoms with van der Waals surface area (Å²) in [4.78, 5) is 16.5. The van der Waals surface area contributed by atoms with E-state index in [-0.39, 0.29) is 5.91 Å². The highest BCUT2D eigenvalue weighted by atomic mass is 16.5. The fourth-order valence-electron chi connectivity index (χ4n) is 2.33. The fourth-order valence-corrected chi connectivity index (χ4v) is 2.33. The van der Waals surface area contributed by atoms with Crippen LogP contribution in [0.2, 0.25) is 0 Å². The van der Waals surface area contributed by atoms with Crippen molar-refractivity contribution in [2.75, 3.05) is 7.11 Å². The molecule has 1 heterocycles. The number of nitrogens with one attached hydrogen (secondary N) is 1. The second-order valence-electron chi connectivity index (χ2n) is 5.06. The summed E-state index contributed by atoms with van der Waals surface area (Å²) in [5, 5.41) is 2.81. The number of amidine groups is 1. The molecule has 3 rings (SSSR count). The maximum atomic E-state index is 12.1. The first kappa shape index (κ1) is 14.1. The molecule has 1 aliphatic rings. The molecule has 0 bridgehead atoms. The Morgan fingerprint density at radius 1 is 1.14 bits per heavy atom. The van der Waals surface area contributed by atoms with E-state index in [1.54, 1.807) is 13.2 Å². The van der Waals surface area contributed by atoms with Gasteiger partial charge in [0.25, 0.3) is 5.91 Å². The lowest BCUT2D eigenvalue weighted by Crippen LogP contribution is -2.24. The monoisotopic (exact) mass is 292 g/mol. The number of para-hydroxylation sites is 1. The van der Waals surface area contributed by atoms with Gasteiger partial charge in [0.2, 0.25) is 0 Å². The highest BCUT2D eigenvalue weighted by molar-refractivity contribution is 6.19. The van der Waals surface area contributed by atoms with Crippen molar-refractivity contribution in [3.8, 4) is 5.75 Å². The van der Waals surface area contributed by atoms with Gasteiger partial charge >= 0.3 is 0 Å². The summed E-state index contributed by atoms with van der Waals surface area (Å²) >= 11 is 0. The molecule has 0 aliphatic carbocycles. The quantitative estimate of drug-likeness (QED) is 0.884. The summed E-state index contributed by atoms with van der Waals surface area (Å²) in [6.07, 6.45) is 1.73. The number of methoxy groups -OCH3 is 1. The zero-order valence-electron chi connectivity index (χ0n) is 12.5. The molecule has 0 aromatic heterocycles. The topological polar surface area (TPSA) is 50.7 Å². The van der Waals surface area contributed by atoms with Gasteiger partial charge in [-0.05, 0) is 25.1 Å². The van der Waals surface area contributed by atoms with Crippen LogP contribution < -0.4 is 10.1 Å². The Bertz CT molecular complexity index is 791. The minimum atomic E-state index is -0.206. The molecule has 0 saturated heterocycles. The van der Waals surface area contributed by atoms with E-state index in [9.17, 15) is 4.79 Å². The van der Waals surface area contributed by atoms with Crippen LogP contribution in [-0.2, 0) is 4.79 Å². The van der Waals surface area contributed by atoms with Crippen molar-refractivity contribution in [1.29, 1.82) is 0 Å². The zero-order valence-corrected chi connectivity index (χ0v) is 12.5. The van der Waals surface area contributed by atoms with Gasteiger partial charge < -0.3 is 10.1 Å². The van der Waals surface area contributed by atoms with Crippen molar-refractivity contribution < 1.29 is 9.53 Å². The Labute approximate surface area is 129 Å². The van der Waals surface area contributed by atoms with Crippen LogP contribution in [0.3, 0.4) is 0 Å². The summed E-state index contributed by atoms with van der Waals surface area (Å²) in [6, 6.07) is 15.4. The minimum Gasteiger partial charge on any atom is -0.496 e. The molecular formula is C18H16N2O2. The molecule has 0 spiro atoms. The van der Waals surface area contributed by atoms with E-state index in [1.165, 1.54) is 0 Å². The Morgan fingerprint density at radius 3 is 2.73 bits per heavy atom. The molecule has 1 amide bonds. The largest absolute Gasteiger partial charge is 0.496 e. The normalized spacial score (nSPS) is 15.6. The second kappa shape index (κ2) is 5.85. The van der Waals surface area contributed by atoms with Gasteiger partial charge in [-0.1, -0.05) is 42.0 Å². The number of benzene rings is 2. The van der Waals surface area contributed by atoms with Crippen molar-refractivity contribution >= 4 is 17.8 Å². The lowest BCUT2D eigenvalue weighted by atomic mass is 10.1. The van der Waals surface area contributed by atoms with Crippen LogP contribution >= 0.6 is 0 Å². The number of hydrogen-bond donors (Lipinski definition) is 1. The average molecular weight is 292 g/mol. The van der Waals surface area contributed by atoms with Crippen LogP contribution in [0.25, 0.3) is 6.08 Å². The Morgan fingerprint density at radius 2 is 1.95 bits per heavy atom. The van der Waals surface area contributed by atoms with E-state index in [4.69, 9.17) is 4.74 Å². The third-order valence-electron chi connectivity index (χ3n) is 3.42. The average Bonchev–Trinajstić information content (AvgIpc) is 2.89. The van der Waals surface area contributed by atoms with Crippen LogP contribution in [0, 0.1) is 6.92 Å². The minimum absolute atomic E-state index is 0.206. The van der Waals surface area contributed by atoms with Gasteiger partial charge in [0.1, 0.15) is 17.3 Å². The van der Waals surface area contributed by atoms with E-state index in [2.05, 4.69) is 10.3 Å². The van der Waals surface area contributed by atoms with Gasteiger partial charge in [-0.2, -0.15) is 0 Å². The third-order valence-corrected chi connectivity index (χ3v) is 3.42. The number of amides is 1. The maximum Gasteiger partial charge on any atom is 0.275 e. The van der Waals surface area contributed by atoms with Gasteiger partial charge in [0.15, 0.2) is 0 Å². The number of ether oxygens (including phenoxy) is 1. The molecule has 110 valence electrons. The molecule has 4 nitrogen and oxygen atoms in total. The van der Waals surface area contributed by atoms with Crippen LogP contribution in [0.15, 0.2) is 59.2 Å². The molecule has 0 unspecified atom stereocenters. The number of aryl methyl sites for hydroxylation is 1. The van der Waals surface area contributed by atoms with Crippen LogP contribution in [-0.4, -0.2) is 18.9 Å². The van der Waals surface area contributed by atoms with Gasteiger partial charge in [-0.15, -0.1) is 0 Å². The molecule has 0 saturated carbocycles. The summed E-state index contributed by atoms with van der Waals surface area (Å²) in [6.45, 7) is 2.01. The predicted molar refractivity (Wildman–Crippen MR) is 86.8 cm³/mol. The number of carbonyl (C=O) groups excluding carboxylic acids is 1. The van der Waals surface area contributed by atoms with E-state index < -0.39 is 0 Å². The van der Waals surface area contributed by atoms with Crippen molar-refractivity contribution in [3.63, 3.8) is 0 Å². The maximum absolute atomic E-state index is 12.1. The van der Waals surface area contributed by atoms with Crippen LogP contribution in [0.4, 0.5) is 0 Å². The van der Waals surface area contributed by atoms with Gasteiger partial charge in [-0.3, -0.25) is 4.79 Å². The molecule has 0 fully saturated rings. The van der Waals surface area contributed by atoms with Crippen molar-refractivity contribution in [1.82, 2.24) is 5.32 Å².